The molecule has 1 aromatic heterocycles. The molecule has 1 aliphatic heterocycles. The number of rotatable bonds is 2. The third kappa shape index (κ3) is 2.08. The Hall–Kier alpha value is -2.01. The van der Waals surface area contributed by atoms with Gasteiger partial charge in [0.15, 0.2) is 0 Å². The summed E-state index contributed by atoms with van der Waals surface area (Å²) in [5.41, 5.74) is 2.67. The zero-order valence-electron chi connectivity index (χ0n) is 12.1. The summed E-state index contributed by atoms with van der Waals surface area (Å²) in [4.78, 5) is 7.66. The van der Waals surface area contributed by atoms with Crippen LogP contribution in [0.5, 0.6) is 0 Å². The van der Waals surface area contributed by atoms with Gasteiger partial charge in [0.1, 0.15) is 5.82 Å². The first-order chi connectivity index (χ1) is 10.5. The Morgan fingerprint density at radius 1 is 1.32 bits per heavy atom. The first-order valence-corrected chi connectivity index (χ1v) is 7.54. The lowest BCUT2D eigenvalue weighted by Crippen LogP contribution is -2.14. The first-order valence-electron chi connectivity index (χ1n) is 7.54. The van der Waals surface area contributed by atoms with Gasteiger partial charge in [0, 0.05) is 17.5 Å². The van der Waals surface area contributed by atoms with Gasteiger partial charge in [-0.1, -0.05) is 18.7 Å². The van der Waals surface area contributed by atoms with Gasteiger partial charge in [-0.25, -0.2) is 13.8 Å². The molecule has 1 aliphatic carbocycles. The van der Waals surface area contributed by atoms with Crippen molar-refractivity contribution < 1.29 is 8.78 Å². The molecule has 2 aliphatic rings. The van der Waals surface area contributed by atoms with Gasteiger partial charge < -0.3 is 10.3 Å². The second-order valence-corrected chi connectivity index (χ2v) is 6.08. The van der Waals surface area contributed by atoms with Crippen molar-refractivity contribution in [3.63, 3.8) is 0 Å². The summed E-state index contributed by atoms with van der Waals surface area (Å²) >= 11 is 0. The van der Waals surface area contributed by atoms with E-state index in [9.17, 15) is 8.78 Å². The lowest BCUT2D eigenvalue weighted by molar-refractivity contribution is 0.00774. The van der Waals surface area contributed by atoms with Crippen LogP contribution in [0.3, 0.4) is 0 Å². The molecule has 0 bridgehead atoms. The highest BCUT2D eigenvalue weighted by Crippen LogP contribution is 2.48. The van der Waals surface area contributed by atoms with E-state index in [1.54, 1.807) is 18.3 Å². The standard InChI is InChI=1S/C17H17F2N3/c1-10-8-17(18,19)13-7-11(4-5-12(10)13)15-9-21-16(22-15)14-3-2-6-20-14/h4-5,7,9,14,20H,1-3,6,8H2,(H,21,22). The fourth-order valence-electron chi connectivity index (χ4n) is 3.36. The molecule has 0 radical (unpaired) electrons. The number of allylic oxidation sites excluding steroid dienone is 1. The minimum Gasteiger partial charge on any atom is -0.341 e. The zero-order valence-corrected chi connectivity index (χ0v) is 12.1. The van der Waals surface area contributed by atoms with E-state index in [0.29, 0.717) is 11.1 Å². The van der Waals surface area contributed by atoms with E-state index in [0.717, 1.165) is 36.5 Å². The predicted molar refractivity (Wildman–Crippen MR) is 81.5 cm³/mol. The normalized spacial score (nSPS) is 23.0. The summed E-state index contributed by atoms with van der Waals surface area (Å²) in [6.45, 7) is 4.74. The summed E-state index contributed by atoms with van der Waals surface area (Å²) in [5, 5.41) is 3.37. The quantitative estimate of drug-likeness (QED) is 0.880. The van der Waals surface area contributed by atoms with E-state index < -0.39 is 5.92 Å². The van der Waals surface area contributed by atoms with E-state index in [2.05, 4.69) is 21.9 Å². The summed E-state index contributed by atoms with van der Waals surface area (Å²) < 4.78 is 28.1. The van der Waals surface area contributed by atoms with Crippen molar-refractivity contribution in [3.8, 4) is 11.3 Å². The van der Waals surface area contributed by atoms with Gasteiger partial charge >= 0.3 is 0 Å². The maximum Gasteiger partial charge on any atom is 0.277 e. The van der Waals surface area contributed by atoms with Crippen LogP contribution < -0.4 is 5.32 Å². The molecular formula is C17H17F2N3. The molecule has 1 saturated heterocycles. The number of imidazole rings is 1. The number of alkyl halides is 2. The molecule has 4 rings (SSSR count). The number of hydrogen-bond donors (Lipinski definition) is 2. The molecule has 1 unspecified atom stereocenters. The number of halogens is 2. The topological polar surface area (TPSA) is 40.7 Å². The summed E-state index contributed by atoms with van der Waals surface area (Å²) in [6, 6.07) is 5.39. The number of aromatic amines is 1. The Bertz CT molecular complexity index is 742. The number of fused-ring (bicyclic) bond motifs is 1. The predicted octanol–water partition coefficient (Wildman–Crippen LogP) is 4.01. The number of benzene rings is 1. The van der Waals surface area contributed by atoms with Crippen molar-refractivity contribution in [1.82, 2.24) is 15.3 Å². The molecular weight excluding hydrogens is 284 g/mol. The Morgan fingerprint density at radius 3 is 2.95 bits per heavy atom. The van der Waals surface area contributed by atoms with Crippen LogP contribution in [0, 0.1) is 0 Å². The average molecular weight is 301 g/mol. The second-order valence-electron chi connectivity index (χ2n) is 6.08. The highest BCUT2D eigenvalue weighted by molar-refractivity contribution is 5.76. The van der Waals surface area contributed by atoms with Gasteiger partial charge in [-0.15, -0.1) is 0 Å². The molecule has 2 aromatic rings. The third-order valence-corrected chi connectivity index (χ3v) is 4.53. The van der Waals surface area contributed by atoms with Crippen molar-refractivity contribution >= 4 is 5.57 Å². The second kappa shape index (κ2) is 4.74. The number of aromatic nitrogens is 2. The Kier molecular flexibility index (Phi) is 2.94. The SMILES string of the molecule is C=C1CC(F)(F)c2cc(-c3cnc(C4CCCN4)[nH]3)ccc21. The van der Waals surface area contributed by atoms with Crippen molar-refractivity contribution in [2.75, 3.05) is 6.54 Å². The molecule has 2 N–H and O–H groups in total. The van der Waals surface area contributed by atoms with Crippen LogP contribution >= 0.6 is 0 Å². The molecule has 1 fully saturated rings. The summed E-state index contributed by atoms with van der Waals surface area (Å²) in [5.74, 6) is -1.94. The average Bonchev–Trinajstić information content (AvgIpc) is 3.19. The Morgan fingerprint density at radius 2 is 2.18 bits per heavy atom. The van der Waals surface area contributed by atoms with Crippen LogP contribution in [0.25, 0.3) is 16.8 Å². The van der Waals surface area contributed by atoms with Crippen molar-refractivity contribution in [2.24, 2.45) is 0 Å². The largest absolute Gasteiger partial charge is 0.341 e. The van der Waals surface area contributed by atoms with Gasteiger partial charge in [0.2, 0.25) is 0 Å². The van der Waals surface area contributed by atoms with E-state index in [4.69, 9.17) is 0 Å². The number of hydrogen-bond acceptors (Lipinski definition) is 2. The minimum absolute atomic E-state index is 0.0742. The molecule has 114 valence electrons. The molecule has 0 spiro atoms. The van der Waals surface area contributed by atoms with Gasteiger partial charge in [-0.05, 0) is 36.6 Å². The number of H-pyrrole nitrogens is 1. The van der Waals surface area contributed by atoms with Crippen LogP contribution in [0.1, 0.15) is 42.3 Å². The molecule has 5 heteroatoms. The maximum absolute atomic E-state index is 14.0. The zero-order chi connectivity index (χ0) is 15.3. The maximum atomic E-state index is 14.0. The monoisotopic (exact) mass is 301 g/mol. The Labute approximate surface area is 127 Å². The molecule has 1 atom stereocenters. The molecule has 0 saturated carbocycles. The first kappa shape index (κ1) is 13.6. The molecule has 3 nitrogen and oxygen atoms in total. The summed E-state index contributed by atoms with van der Waals surface area (Å²) in [6.07, 6.45) is 3.62. The van der Waals surface area contributed by atoms with E-state index in [1.165, 1.54) is 0 Å². The van der Waals surface area contributed by atoms with Crippen molar-refractivity contribution in [3.05, 3.63) is 47.9 Å². The molecule has 2 heterocycles. The van der Waals surface area contributed by atoms with Crippen molar-refractivity contribution in [2.45, 2.75) is 31.2 Å². The van der Waals surface area contributed by atoms with E-state index >= 15 is 0 Å². The lowest BCUT2D eigenvalue weighted by atomic mass is 10.0. The lowest BCUT2D eigenvalue weighted by Gasteiger charge is -2.10. The molecule has 0 amide bonds. The number of nitrogens with zero attached hydrogens (tertiary/aromatic N) is 1. The number of nitrogens with one attached hydrogen (secondary N) is 2. The van der Waals surface area contributed by atoms with E-state index in [1.807, 2.05) is 6.07 Å². The smallest absolute Gasteiger partial charge is 0.277 e. The minimum atomic E-state index is -2.82. The fourth-order valence-corrected chi connectivity index (χ4v) is 3.36. The van der Waals surface area contributed by atoms with Gasteiger partial charge in [0.05, 0.1) is 17.9 Å². The Balaban J connectivity index is 1.71. The van der Waals surface area contributed by atoms with E-state index in [-0.39, 0.29) is 18.0 Å². The third-order valence-electron chi connectivity index (χ3n) is 4.53. The fraction of sp³-hybridized carbons (Fsp3) is 0.353. The summed E-state index contributed by atoms with van der Waals surface area (Å²) in [7, 11) is 0. The molecule has 22 heavy (non-hydrogen) atoms. The van der Waals surface area contributed by atoms with Crippen molar-refractivity contribution in [1.29, 1.82) is 0 Å². The van der Waals surface area contributed by atoms with Crippen LogP contribution in [0.15, 0.2) is 31.0 Å². The van der Waals surface area contributed by atoms with Crippen LogP contribution in [0.4, 0.5) is 8.78 Å². The van der Waals surface area contributed by atoms with Gasteiger partial charge in [-0.3, -0.25) is 0 Å². The van der Waals surface area contributed by atoms with Gasteiger partial charge in [0.25, 0.3) is 5.92 Å². The van der Waals surface area contributed by atoms with Crippen LogP contribution in [-0.4, -0.2) is 16.5 Å². The highest BCUT2D eigenvalue weighted by atomic mass is 19.3. The highest BCUT2D eigenvalue weighted by Gasteiger charge is 2.41. The van der Waals surface area contributed by atoms with Crippen LogP contribution in [-0.2, 0) is 5.92 Å². The van der Waals surface area contributed by atoms with Crippen LogP contribution in [0.2, 0.25) is 0 Å². The van der Waals surface area contributed by atoms with Gasteiger partial charge in [-0.2, -0.15) is 0 Å². The molecule has 1 aromatic carbocycles.